The number of nitrogens with one attached hydrogen (secondary N) is 1. The average molecular weight is 456 g/mol. The minimum atomic E-state index is -0.535. The van der Waals surface area contributed by atoms with Crippen molar-refractivity contribution in [1.82, 2.24) is 5.32 Å². The van der Waals surface area contributed by atoms with E-state index in [0.717, 1.165) is 41.6 Å². The standard InChI is InChI=1S/C30H30FNO2/c1-21(22-7-3-2-4-8-22)33-30(26-12-11-23-9-5-6-10-25(23)19-26)34-29-20-32-18-17-28(29)24-13-15-27(31)16-14-24/h2-16,19,21,28-30,32H,17-18,20H2,1H3. The van der Waals surface area contributed by atoms with Gasteiger partial charge in [0.15, 0.2) is 6.29 Å². The highest BCUT2D eigenvalue weighted by atomic mass is 19.1. The van der Waals surface area contributed by atoms with Crippen molar-refractivity contribution in [3.8, 4) is 0 Å². The Labute approximate surface area is 200 Å². The molecule has 0 bridgehead atoms. The largest absolute Gasteiger partial charge is 0.343 e. The second kappa shape index (κ2) is 10.5. The van der Waals surface area contributed by atoms with Crippen molar-refractivity contribution in [2.24, 2.45) is 0 Å². The van der Waals surface area contributed by atoms with Crippen molar-refractivity contribution >= 4 is 10.8 Å². The molecule has 4 aromatic carbocycles. The van der Waals surface area contributed by atoms with Gasteiger partial charge in [-0.25, -0.2) is 4.39 Å². The zero-order valence-corrected chi connectivity index (χ0v) is 19.4. The van der Waals surface area contributed by atoms with Crippen LogP contribution < -0.4 is 5.32 Å². The summed E-state index contributed by atoms with van der Waals surface area (Å²) in [5.41, 5.74) is 3.19. The van der Waals surface area contributed by atoms with E-state index >= 15 is 0 Å². The van der Waals surface area contributed by atoms with Gasteiger partial charge in [0.05, 0.1) is 12.2 Å². The summed E-state index contributed by atoms with van der Waals surface area (Å²) in [5, 5.41) is 5.80. The number of ether oxygens (including phenoxy) is 2. The van der Waals surface area contributed by atoms with E-state index in [0.29, 0.717) is 0 Å². The molecule has 0 aromatic heterocycles. The lowest BCUT2D eigenvalue weighted by Crippen LogP contribution is -2.42. The van der Waals surface area contributed by atoms with Gasteiger partial charge in [0.1, 0.15) is 5.82 Å². The van der Waals surface area contributed by atoms with E-state index in [9.17, 15) is 4.39 Å². The molecule has 1 fully saturated rings. The predicted octanol–water partition coefficient (Wildman–Crippen LogP) is 6.92. The van der Waals surface area contributed by atoms with Gasteiger partial charge >= 0.3 is 0 Å². The van der Waals surface area contributed by atoms with E-state index in [-0.39, 0.29) is 23.9 Å². The molecule has 1 heterocycles. The van der Waals surface area contributed by atoms with Crippen LogP contribution in [0.15, 0.2) is 97.1 Å². The lowest BCUT2D eigenvalue weighted by molar-refractivity contribution is -0.204. The summed E-state index contributed by atoms with van der Waals surface area (Å²) in [4.78, 5) is 0. The fraction of sp³-hybridized carbons (Fsp3) is 0.267. The van der Waals surface area contributed by atoms with E-state index in [1.54, 1.807) is 0 Å². The van der Waals surface area contributed by atoms with Gasteiger partial charge in [0, 0.05) is 18.0 Å². The van der Waals surface area contributed by atoms with E-state index in [1.807, 2.05) is 42.5 Å². The molecular formula is C30H30FNO2. The SMILES string of the molecule is CC(OC(OC1CNCCC1c1ccc(F)cc1)c1ccc2ccccc2c1)c1ccccc1. The lowest BCUT2D eigenvalue weighted by Gasteiger charge is -2.36. The van der Waals surface area contributed by atoms with Crippen LogP contribution in [0.25, 0.3) is 10.8 Å². The third kappa shape index (κ3) is 5.20. The predicted molar refractivity (Wildman–Crippen MR) is 134 cm³/mol. The first kappa shape index (κ1) is 22.7. The van der Waals surface area contributed by atoms with E-state index in [2.05, 4.69) is 54.7 Å². The third-order valence-electron chi connectivity index (χ3n) is 6.67. The molecule has 1 aliphatic rings. The van der Waals surface area contributed by atoms with Crippen molar-refractivity contribution in [1.29, 1.82) is 0 Å². The molecule has 5 rings (SSSR count). The Morgan fingerprint density at radius 2 is 1.56 bits per heavy atom. The summed E-state index contributed by atoms with van der Waals surface area (Å²) in [7, 11) is 0. The van der Waals surface area contributed by atoms with Crippen LogP contribution in [-0.2, 0) is 9.47 Å². The van der Waals surface area contributed by atoms with E-state index in [4.69, 9.17) is 9.47 Å². The molecule has 1 saturated heterocycles. The first-order valence-corrected chi connectivity index (χ1v) is 12.0. The fourth-order valence-corrected chi connectivity index (χ4v) is 4.75. The highest BCUT2D eigenvalue weighted by Crippen LogP contribution is 2.35. The summed E-state index contributed by atoms with van der Waals surface area (Å²) in [6, 6.07) is 31.7. The Hall–Kier alpha value is -3.05. The molecule has 4 atom stereocenters. The Morgan fingerprint density at radius 3 is 2.35 bits per heavy atom. The van der Waals surface area contributed by atoms with E-state index < -0.39 is 6.29 Å². The quantitative estimate of drug-likeness (QED) is 0.307. The van der Waals surface area contributed by atoms with Crippen LogP contribution in [0.5, 0.6) is 0 Å². The van der Waals surface area contributed by atoms with Gasteiger partial charge in [0.2, 0.25) is 0 Å². The zero-order valence-electron chi connectivity index (χ0n) is 19.4. The first-order chi connectivity index (χ1) is 16.7. The zero-order chi connectivity index (χ0) is 23.3. The molecule has 0 radical (unpaired) electrons. The molecule has 0 amide bonds. The smallest absolute Gasteiger partial charge is 0.184 e. The highest BCUT2D eigenvalue weighted by molar-refractivity contribution is 5.83. The number of rotatable bonds is 7. The Balaban J connectivity index is 1.45. The molecule has 1 N–H and O–H groups in total. The second-order valence-corrected chi connectivity index (χ2v) is 8.95. The van der Waals surface area contributed by atoms with Crippen molar-refractivity contribution < 1.29 is 13.9 Å². The van der Waals surface area contributed by atoms with Gasteiger partial charge in [-0.3, -0.25) is 0 Å². The fourth-order valence-electron chi connectivity index (χ4n) is 4.75. The molecule has 4 unspecified atom stereocenters. The van der Waals surface area contributed by atoms with Crippen LogP contribution >= 0.6 is 0 Å². The number of hydrogen-bond donors (Lipinski definition) is 1. The minimum Gasteiger partial charge on any atom is -0.343 e. The number of piperidine rings is 1. The topological polar surface area (TPSA) is 30.5 Å². The van der Waals surface area contributed by atoms with Crippen molar-refractivity contribution in [3.05, 3.63) is 120 Å². The third-order valence-corrected chi connectivity index (χ3v) is 6.67. The Kier molecular flexibility index (Phi) is 7.00. The van der Waals surface area contributed by atoms with Gasteiger partial charge in [-0.05, 0) is 60.0 Å². The number of halogens is 1. The maximum absolute atomic E-state index is 13.6. The molecule has 0 spiro atoms. The number of fused-ring (bicyclic) bond motifs is 1. The Bertz CT molecular complexity index is 1210. The molecule has 34 heavy (non-hydrogen) atoms. The second-order valence-electron chi connectivity index (χ2n) is 8.95. The van der Waals surface area contributed by atoms with Crippen molar-refractivity contribution in [2.45, 2.75) is 37.8 Å². The first-order valence-electron chi connectivity index (χ1n) is 12.0. The monoisotopic (exact) mass is 455 g/mol. The molecule has 1 aliphatic heterocycles. The summed E-state index contributed by atoms with van der Waals surface area (Å²) in [5.74, 6) is -0.0512. The summed E-state index contributed by atoms with van der Waals surface area (Å²) >= 11 is 0. The van der Waals surface area contributed by atoms with Gasteiger partial charge in [0.25, 0.3) is 0 Å². The van der Waals surface area contributed by atoms with Crippen molar-refractivity contribution in [3.63, 3.8) is 0 Å². The lowest BCUT2D eigenvalue weighted by atomic mass is 9.87. The molecular weight excluding hydrogens is 425 g/mol. The molecule has 174 valence electrons. The van der Waals surface area contributed by atoms with Gasteiger partial charge in [-0.2, -0.15) is 0 Å². The minimum absolute atomic E-state index is 0.0985. The molecule has 0 saturated carbocycles. The van der Waals surface area contributed by atoms with Gasteiger partial charge < -0.3 is 14.8 Å². The normalized spacial score (nSPS) is 20.2. The summed E-state index contributed by atoms with van der Waals surface area (Å²) in [6.45, 7) is 3.68. The van der Waals surface area contributed by atoms with Gasteiger partial charge in [-0.15, -0.1) is 0 Å². The summed E-state index contributed by atoms with van der Waals surface area (Å²) in [6.07, 6.45) is 0.152. The number of hydrogen-bond acceptors (Lipinski definition) is 3. The van der Waals surface area contributed by atoms with Crippen molar-refractivity contribution in [2.75, 3.05) is 13.1 Å². The van der Waals surface area contributed by atoms with Crippen LogP contribution in [-0.4, -0.2) is 19.2 Å². The van der Waals surface area contributed by atoms with Crippen LogP contribution in [0.1, 0.15) is 48.3 Å². The molecule has 4 heteroatoms. The highest BCUT2D eigenvalue weighted by Gasteiger charge is 2.31. The average Bonchev–Trinajstić information content (AvgIpc) is 2.89. The Morgan fingerprint density at radius 1 is 0.824 bits per heavy atom. The molecule has 3 nitrogen and oxygen atoms in total. The maximum atomic E-state index is 13.6. The van der Waals surface area contributed by atoms with Crippen LogP contribution in [0.2, 0.25) is 0 Å². The number of benzene rings is 4. The molecule has 4 aromatic rings. The van der Waals surface area contributed by atoms with Gasteiger partial charge in [-0.1, -0.05) is 78.9 Å². The maximum Gasteiger partial charge on any atom is 0.184 e. The summed E-state index contributed by atoms with van der Waals surface area (Å²) < 4.78 is 26.9. The molecule has 0 aliphatic carbocycles. The van der Waals surface area contributed by atoms with Crippen LogP contribution in [0, 0.1) is 5.82 Å². The van der Waals surface area contributed by atoms with E-state index in [1.165, 1.54) is 17.5 Å². The van der Waals surface area contributed by atoms with Crippen LogP contribution in [0.3, 0.4) is 0 Å². The van der Waals surface area contributed by atoms with Crippen LogP contribution in [0.4, 0.5) is 4.39 Å².